The number of aromatic nitrogens is 2. The van der Waals surface area contributed by atoms with Gasteiger partial charge in [-0.25, -0.2) is 13.1 Å². The lowest BCUT2D eigenvalue weighted by atomic mass is 10.1. The molecule has 0 amide bonds. The predicted molar refractivity (Wildman–Crippen MR) is 73.3 cm³/mol. The Kier molecular flexibility index (Phi) is 5.11. The monoisotopic (exact) mass is 289 g/mol. The van der Waals surface area contributed by atoms with Crippen molar-refractivity contribution in [1.82, 2.24) is 14.5 Å². The Morgan fingerprint density at radius 2 is 1.95 bits per heavy atom. The van der Waals surface area contributed by atoms with Crippen molar-refractivity contribution in [1.29, 1.82) is 0 Å². The van der Waals surface area contributed by atoms with Crippen LogP contribution in [-0.2, 0) is 17.1 Å². The van der Waals surface area contributed by atoms with Crippen LogP contribution in [0.1, 0.15) is 31.7 Å². The van der Waals surface area contributed by atoms with Gasteiger partial charge in [-0.1, -0.05) is 13.8 Å². The van der Waals surface area contributed by atoms with Crippen molar-refractivity contribution in [2.45, 2.75) is 45.1 Å². The van der Waals surface area contributed by atoms with Gasteiger partial charge >= 0.3 is 0 Å². The molecule has 1 rings (SSSR count). The molecule has 1 unspecified atom stereocenters. The summed E-state index contributed by atoms with van der Waals surface area (Å²) in [6, 6.07) is 0. The Labute approximate surface area is 114 Å². The van der Waals surface area contributed by atoms with Crippen LogP contribution in [0.4, 0.5) is 0 Å². The molecule has 0 aromatic carbocycles. The quantitative estimate of drug-likeness (QED) is 0.808. The molecule has 0 aliphatic rings. The molecule has 1 aromatic heterocycles. The van der Waals surface area contributed by atoms with E-state index in [1.165, 1.54) is 4.68 Å². The van der Waals surface area contributed by atoms with Gasteiger partial charge in [-0.2, -0.15) is 5.10 Å². The van der Waals surface area contributed by atoms with Crippen LogP contribution in [0, 0.1) is 19.8 Å². The van der Waals surface area contributed by atoms with Crippen molar-refractivity contribution in [2.75, 3.05) is 6.54 Å². The van der Waals surface area contributed by atoms with Crippen molar-refractivity contribution in [2.24, 2.45) is 13.0 Å². The summed E-state index contributed by atoms with van der Waals surface area (Å²) in [5, 5.41) is 13.8. The number of aryl methyl sites for hydroxylation is 2. The summed E-state index contributed by atoms with van der Waals surface area (Å²) in [7, 11) is -1.92. The normalized spacial score (nSPS) is 14.1. The predicted octanol–water partition coefficient (Wildman–Crippen LogP) is 0.722. The molecule has 0 bridgehead atoms. The van der Waals surface area contributed by atoms with Crippen molar-refractivity contribution < 1.29 is 13.5 Å². The zero-order chi connectivity index (χ0) is 14.8. The molecule has 2 N–H and O–H groups in total. The second-order valence-electron chi connectivity index (χ2n) is 5.26. The summed E-state index contributed by atoms with van der Waals surface area (Å²) in [6.07, 6.45) is -0.111. The molecule has 0 aliphatic carbocycles. The van der Waals surface area contributed by atoms with Crippen LogP contribution >= 0.6 is 0 Å². The first-order valence-electron chi connectivity index (χ1n) is 6.33. The first-order valence-corrected chi connectivity index (χ1v) is 7.81. The first-order chi connectivity index (χ1) is 8.65. The van der Waals surface area contributed by atoms with Crippen LogP contribution in [0.15, 0.2) is 4.90 Å². The van der Waals surface area contributed by atoms with E-state index in [9.17, 15) is 13.5 Å². The van der Waals surface area contributed by atoms with E-state index in [4.69, 9.17) is 0 Å². The molecule has 7 heteroatoms. The third-order valence-electron chi connectivity index (χ3n) is 2.96. The van der Waals surface area contributed by atoms with Crippen LogP contribution in [0.5, 0.6) is 0 Å². The molecule has 0 fully saturated rings. The summed E-state index contributed by atoms with van der Waals surface area (Å²) in [4.78, 5) is 0.201. The highest BCUT2D eigenvalue weighted by atomic mass is 32.2. The highest BCUT2D eigenvalue weighted by Crippen LogP contribution is 2.18. The highest BCUT2D eigenvalue weighted by molar-refractivity contribution is 7.89. The Hall–Kier alpha value is -0.920. The van der Waals surface area contributed by atoms with Gasteiger partial charge in [-0.3, -0.25) is 4.68 Å². The van der Waals surface area contributed by atoms with E-state index >= 15 is 0 Å². The smallest absolute Gasteiger partial charge is 0.244 e. The molecule has 1 atom stereocenters. The summed E-state index contributed by atoms with van der Waals surface area (Å²) in [5.41, 5.74) is 1.05. The van der Waals surface area contributed by atoms with Gasteiger partial charge in [-0.15, -0.1) is 0 Å². The van der Waals surface area contributed by atoms with Gasteiger partial charge < -0.3 is 5.11 Å². The standard InChI is InChI=1S/C12H23N3O3S/c1-8(2)6-11(16)7-13-19(17,18)12-9(3)14-15(5)10(12)4/h8,11,13,16H,6-7H2,1-5H3. The van der Waals surface area contributed by atoms with E-state index in [0.717, 1.165) is 0 Å². The third kappa shape index (κ3) is 4.02. The van der Waals surface area contributed by atoms with Crippen LogP contribution in [0.25, 0.3) is 0 Å². The minimum atomic E-state index is -3.62. The van der Waals surface area contributed by atoms with Crippen molar-refractivity contribution in [3.05, 3.63) is 11.4 Å². The van der Waals surface area contributed by atoms with E-state index in [0.29, 0.717) is 23.7 Å². The molecule has 1 heterocycles. The van der Waals surface area contributed by atoms with E-state index in [1.54, 1.807) is 20.9 Å². The van der Waals surface area contributed by atoms with Crippen LogP contribution < -0.4 is 4.72 Å². The topological polar surface area (TPSA) is 84.2 Å². The fourth-order valence-corrected chi connectivity index (χ4v) is 3.56. The van der Waals surface area contributed by atoms with Crippen molar-refractivity contribution in [3.8, 4) is 0 Å². The molecule has 0 saturated carbocycles. The molecule has 6 nitrogen and oxygen atoms in total. The minimum absolute atomic E-state index is 0.0221. The van der Waals surface area contributed by atoms with Gasteiger partial charge in [-0.05, 0) is 26.2 Å². The van der Waals surface area contributed by atoms with Gasteiger partial charge in [0.1, 0.15) is 4.90 Å². The number of aliphatic hydroxyl groups excluding tert-OH is 1. The number of sulfonamides is 1. The van der Waals surface area contributed by atoms with Gasteiger partial charge in [0.15, 0.2) is 0 Å². The lowest BCUT2D eigenvalue weighted by molar-refractivity contribution is 0.152. The Morgan fingerprint density at radius 1 is 1.37 bits per heavy atom. The lowest BCUT2D eigenvalue weighted by Gasteiger charge is -2.14. The molecule has 0 aliphatic heterocycles. The zero-order valence-electron chi connectivity index (χ0n) is 12.1. The maximum atomic E-state index is 12.2. The van der Waals surface area contributed by atoms with Crippen molar-refractivity contribution >= 4 is 10.0 Å². The first kappa shape index (κ1) is 16.1. The third-order valence-corrected chi connectivity index (χ3v) is 4.64. The van der Waals surface area contributed by atoms with Crippen molar-refractivity contribution in [3.63, 3.8) is 0 Å². The summed E-state index contributed by atoms with van der Waals surface area (Å²) < 4.78 is 28.4. The van der Waals surface area contributed by atoms with Gasteiger partial charge in [0, 0.05) is 13.6 Å². The van der Waals surface area contributed by atoms with Crippen LogP contribution in [-0.4, -0.2) is 36.0 Å². The number of nitrogens with one attached hydrogen (secondary N) is 1. The number of hydrogen-bond acceptors (Lipinski definition) is 4. The lowest BCUT2D eigenvalue weighted by Crippen LogP contribution is -2.33. The Bertz CT molecular complexity index is 535. The zero-order valence-corrected chi connectivity index (χ0v) is 13.0. The molecular weight excluding hydrogens is 266 g/mol. The number of rotatable bonds is 6. The highest BCUT2D eigenvalue weighted by Gasteiger charge is 2.24. The van der Waals surface area contributed by atoms with E-state index < -0.39 is 16.1 Å². The van der Waals surface area contributed by atoms with Crippen LogP contribution in [0.2, 0.25) is 0 Å². The van der Waals surface area contributed by atoms with E-state index in [1.807, 2.05) is 13.8 Å². The SMILES string of the molecule is Cc1nn(C)c(C)c1S(=O)(=O)NCC(O)CC(C)C. The van der Waals surface area contributed by atoms with Gasteiger partial charge in [0.2, 0.25) is 10.0 Å². The average Bonchev–Trinajstić information content (AvgIpc) is 2.50. The number of hydrogen-bond donors (Lipinski definition) is 2. The van der Waals surface area contributed by atoms with Gasteiger partial charge in [0.05, 0.1) is 17.5 Å². The summed E-state index contributed by atoms with van der Waals surface area (Å²) in [6.45, 7) is 7.35. The molecular formula is C12H23N3O3S. The van der Waals surface area contributed by atoms with E-state index in [-0.39, 0.29) is 11.4 Å². The molecule has 19 heavy (non-hydrogen) atoms. The number of nitrogens with zero attached hydrogens (tertiary/aromatic N) is 2. The summed E-state index contributed by atoms with van der Waals surface area (Å²) >= 11 is 0. The van der Waals surface area contributed by atoms with Gasteiger partial charge in [0.25, 0.3) is 0 Å². The van der Waals surface area contributed by atoms with Crippen LogP contribution in [0.3, 0.4) is 0 Å². The second kappa shape index (κ2) is 6.02. The number of aliphatic hydroxyl groups is 1. The largest absolute Gasteiger partial charge is 0.392 e. The average molecular weight is 289 g/mol. The molecule has 1 aromatic rings. The summed E-state index contributed by atoms with van der Waals surface area (Å²) in [5.74, 6) is 0.321. The Morgan fingerprint density at radius 3 is 2.37 bits per heavy atom. The molecule has 0 radical (unpaired) electrons. The fourth-order valence-electron chi connectivity index (χ4n) is 2.05. The maximum Gasteiger partial charge on any atom is 0.244 e. The maximum absolute atomic E-state index is 12.2. The molecule has 0 saturated heterocycles. The Balaban J connectivity index is 2.82. The van der Waals surface area contributed by atoms with E-state index in [2.05, 4.69) is 9.82 Å². The minimum Gasteiger partial charge on any atom is -0.392 e. The fraction of sp³-hybridized carbons (Fsp3) is 0.750. The molecule has 110 valence electrons. The second-order valence-corrected chi connectivity index (χ2v) is 6.96. The molecule has 0 spiro atoms.